The van der Waals surface area contributed by atoms with Crippen LogP contribution in [0.4, 0.5) is 4.39 Å². The van der Waals surface area contributed by atoms with Crippen molar-refractivity contribution < 1.29 is 19.7 Å². The average Bonchev–Trinajstić information content (AvgIpc) is 2.39. The maximum absolute atomic E-state index is 13.4. The Labute approximate surface area is 113 Å². The summed E-state index contributed by atoms with van der Waals surface area (Å²) in [5.41, 5.74) is 1.11. The van der Waals surface area contributed by atoms with Gasteiger partial charge in [0.15, 0.2) is 0 Å². The van der Waals surface area contributed by atoms with Crippen LogP contribution in [0.5, 0.6) is 0 Å². The zero-order chi connectivity index (χ0) is 14.3. The molecule has 0 aliphatic carbocycles. The lowest BCUT2D eigenvalue weighted by Gasteiger charge is -2.22. The van der Waals surface area contributed by atoms with Crippen molar-refractivity contribution in [2.24, 2.45) is 0 Å². The van der Waals surface area contributed by atoms with E-state index in [0.717, 1.165) is 0 Å². The minimum Gasteiger partial charge on any atom is -0.395 e. The Morgan fingerprint density at radius 3 is 2.32 bits per heavy atom. The predicted octanol–water partition coefficient (Wildman–Crippen LogP) is 0.844. The Morgan fingerprint density at radius 2 is 1.79 bits per heavy atom. The predicted molar refractivity (Wildman–Crippen MR) is 71.3 cm³/mol. The number of benzene rings is 1. The highest BCUT2D eigenvalue weighted by Gasteiger charge is 2.12. The van der Waals surface area contributed by atoms with Crippen LogP contribution in [0.25, 0.3) is 0 Å². The zero-order valence-corrected chi connectivity index (χ0v) is 11.2. The molecule has 0 spiro atoms. The molecule has 0 fully saturated rings. The lowest BCUT2D eigenvalue weighted by molar-refractivity contribution is 0.118. The fourth-order valence-electron chi connectivity index (χ4n) is 1.91. The molecule has 0 radical (unpaired) electrons. The minimum absolute atomic E-state index is 0.00918. The first-order valence-corrected chi connectivity index (χ1v) is 6.46. The summed E-state index contributed by atoms with van der Waals surface area (Å²) >= 11 is 0. The molecule has 0 saturated heterocycles. The highest BCUT2D eigenvalue weighted by molar-refractivity contribution is 5.24. The van der Waals surface area contributed by atoms with E-state index in [0.29, 0.717) is 37.2 Å². The van der Waals surface area contributed by atoms with E-state index in [1.54, 1.807) is 19.1 Å². The number of aliphatic hydroxyl groups is 3. The molecule has 5 heteroatoms. The van der Waals surface area contributed by atoms with Gasteiger partial charge in [-0.3, -0.25) is 4.90 Å². The smallest absolute Gasteiger partial charge is 0.126 e. The van der Waals surface area contributed by atoms with E-state index in [2.05, 4.69) is 0 Å². The molecule has 0 bridgehead atoms. The fraction of sp³-hybridized carbons (Fsp3) is 0.571. The number of nitrogens with zero attached hydrogens (tertiary/aromatic N) is 1. The van der Waals surface area contributed by atoms with Crippen LogP contribution in [0.15, 0.2) is 18.2 Å². The molecule has 1 unspecified atom stereocenters. The Balaban J connectivity index is 2.53. The van der Waals surface area contributed by atoms with Gasteiger partial charge in [-0.15, -0.1) is 0 Å². The first-order chi connectivity index (χ1) is 9.08. The number of aliphatic hydroxyl groups excluding tert-OH is 3. The molecule has 19 heavy (non-hydrogen) atoms. The van der Waals surface area contributed by atoms with Gasteiger partial charge in [-0.25, -0.2) is 4.39 Å². The van der Waals surface area contributed by atoms with E-state index in [4.69, 9.17) is 10.2 Å². The summed E-state index contributed by atoms with van der Waals surface area (Å²) in [5.74, 6) is -0.320. The Hall–Kier alpha value is -1.01. The van der Waals surface area contributed by atoms with Gasteiger partial charge in [-0.05, 0) is 30.5 Å². The maximum Gasteiger partial charge on any atom is 0.126 e. The lowest BCUT2D eigenvalue weighted by Crippen LogP contribution is -2.31. The van der Waals surface area contributed by atoms with E-state index >= 15 is 0 Å². The van der Waals surface area contributed by atoms with Crippen LogP contribution < -0.4 is 0 Å². The summed E-state index contributed by atoms with van der Waals surface area (Å²) in [4.78, 5) is 1.85. The highest BCUT2D eigenvalue weighted by Crippen LogP contribution is 2.19. The number of aryl methyl sites for hydroxylation is 1. The van der Waals surface area contributed by atoms with E-state index in [1.165, 1.54) is 6.07 Å². The van der Waals surface area contributed by atoms with E-state index in [1.807, 2.05) is 4.90 Å². The summed E-state index contributed by atoms with van der Waals surface area (Å²) in [6.07, 6.45) is -0.308. The molecule has 3 N–H and O–H groups in total. The van der Waals surface area contributed by atoms with Crippen LogP contribution in [0.3, 0.4) is 0 Å². The van der Waals surface area contributed by atoms with Crippen LogP contribution >= 0.6 is 0 Å². The Morgan fingerprint density at radius 1 is 1.16 bits per heavy atom. The summed E-state index contributed by atoms with van der Waals surface area (Å²) in [5, 5.41) is 27.8. The number of hydrogen-bond donors (Lipinski definition) is 3. The Kier molecular flexibility index (Phi) is 6.94. The monoisotopic (exact) mass is 271 g/mol. The van der Waals surface area contributed by atoms with Crippen molar-refractivity contribution >= 4 is 0 Å². The van der Waals surface area contributed by atoms with Crippen molar-refractivity contribution in [3.8, 4) is 0 Å². The molecule has 0 saturated carbocycles. The van der Waals surface area contributed by atoms with Crippen molar-refractivity contribution in [3.05, 3.63) is 35.1 Å². The quantitative estimate of drug-likeness (QED) is 0.656. The molecule has 0 aliphatic rings. The lowest BCUT2D eigenvalue weighted by atomic mass is 10.0. The van der Waals surface area contributed by atoms with E-state index < -0.39 is 6.10 Å². The normalized spacial score (nSPS) is 12.9. The zero-order valence-electron chi connectivity index (χ0n) is 11.2. The second-order valence-corrected chi connectivity index (χ2v) is 4.60. The van der Waals surface area contributed by atoms with Gasteiger partial charge in [0, 0.05) is 19.6 Å². The molecule has 0 heterocycles. The topological polar surface area (TPSA) is 63.9 Å². The Bertz CT molecular complexity index is 381. The van der Waals surface area contributed by atoms with Crippen LogP contribution in [0, 0.1) is 12.7 Å². The first kappa shape index (κ1) is 16.0. The van der Waals surface area contributed by atoms with Gasteiger partial charge in [0.1, 0.15) is 5.82 Å². The summed E-state index contributed by atoms with van der Waals surface area (Å²) in [6.45, 7) is 3.14. The molecule has 0 aromatic heterocycles. The van der Waals surface area contributed by atoms with Crippen LogP contribution in [0.1, 0.15) is 23.7 Å². The van der Waals surface area contributed by atoms with Gasteiger partial charge < -0.3 is 15.3 Å². The van der Waals surface area contributed by atoms with Gasteiger partial charge in [0.05, 0.1) is 19.3 Å². The number of hydrogen-bond acceptors (Lipinski definition) is 4. The molecule has 1 rings (SSSR count). The molecule has 1 aromatic carbocycles. The SMILES string of the molecule is Cc1ccc(C(O)CCN(CCO)CCO)cc1F. The summed E-state index contributed by atoms with van der Waals surface area (Å²) in [7, 11) is 0. The van der Waals surface area contributed by atoms with Crippen molar-refractivity contribution in [2.75, 3.05) is 32.8 Å². The second kappa shape index (κ2) is 8.22. The molecule has 0 aliphatic heterocycles. The third-order valence-electron chi connectivity index (χ3n) is 3.13. The molecule has 108 valence electrons. The fourth-order valence-corrected chi connectivity index (χ4v) is 1.91. The van der Waals surface area contributed by atoms with Gasteiger partial charge in [0.25, 0.3) is 0 Å². The molecule has 4 nitrogen and oxygen atoms in total. The van der Waals surface area contributed by atoms with Crippen LogP contribution in [-0.4, -0.2) is 53.1 Å². The molecular weight excluding hydrogens is 249 g/mol. The summed E-state index contributed by atoms with van der Waals surface area (Å²) < 4.78 is 13.4. The summed E-state index contributed by atoms with van der Waals surface area (Å²) in [6, 6.07) is 4.71. The molecule has 1 atom stereocenters. The highest BCUT2D eigenvalue weighted by atomic mass is 19.1. The van der Waals surface area contributed by atoms with Gasteiger partial charge in [-0.2, -0.15) is 0 Å². The van der Waals surface area contributed by atoms with Crippen LogP contribution in [-0.2, 0) is 0 Å². The van der Waals surface area contributed by atoms with Crippen molar-refractivity contribution in [1.29, 1.82) is 0 Å². The second-order valence-electron chi connectivity index (χ2n) is 4.60. The molecule has 1 aromatic rings. The van der Waals surface area contributed by atoms with Crippen molar-refractivity contribution in [1.82, 2.24) is 4.90 Å². The van der Waals surface area contributed by atoms with Crippen molar-refractivity contribution in [2.45, 2.75) is 19.4 Å². The van der Waals surface area contributed by atoms with Gasteiger partial charge in [-0.1, -0.05) is 12.1 Å². The first-order valence-electron chi connectivity index (χ1n) is 6.46. The maximum atomic E-state index is 13.4. The van der Waals surface area contributed by atoms with Crippen molar-refractivity contribution in [3.63, 3.8) is 0 Å². The van der Waals surface area contributed by atoms with Gasteiger partial charge >= 0.3 is 0 Å². The van der Waals surface area contributed by atoms with E-state index in [-0.39, 0.29) is 19.0 Å². The molecular formula is C14H22FNO3. The average molecular weight is 271 g/mol. The number of rotatable bonds is 8. The third kappa shape index (κ3) is 5.24. The minimum atomic E-state index is -0.741. The third-order valence-corrected chi connectivity index (χ3v) is 3.13. The van der Waals surface area contributed by atoms with Gasteiger partial charge in [0.2, 0.25) is 0 Å². The largest absolute Gasteiger partial charge is 0.395 e. The number of halogens is 1. The standard InChI is InChI=1S/C14H22FNO3/c1-11-2-3-12(10-13(11)15)14(19)4-5-16(6-8-17)7-9-18/h2-3,10,14,17-19H,4-9H2,1H3. The van der Waals surface area contributed by atoms with E-state index in [9.17, 15) is 9.50 Å². The van der Waals surface area contributed by atoms with Crippen LogP contribution in [0.2, 0.25) is 0 Å². The molecule has 0 amide bonds.